The highest BCUT2D eigenvalue weighted by molar-refractivity contribution is 14.1. The number of benzene rings is 1. The van der Waals surface area contributed by atoms with Crippen molar-refractivity contribution >= 4 is 28.5 Å². The molecule has 1 aromatic carbocycles. The highest BCUT2D eigenvalue weighted by Gasteiger charge is 2.23. The molecule has 2 atom stereocenters. The van der Waals surface area contributed by atoms with E-state index in [1.54, 1.807) is 0 Å². The molecular formula is C13H16FIN2O. The first kappa shape index (κ1) is 13.7. The highest BCUT2D eigenvalue weighted by Crippen LogP contribution is 2.16. The van der Waals surface area contributed by atoms with Crippen molar-refractivity contribution in [3.8, 4) is 0 Å². The summed E-state index contributed by atoms with van der Waals surface area (Å²) < 4.78 is 13.6. The molecule has 1 amide bonds. The van der Waals surface area contributed by atoms with Crippen LogP contribution in [0.5, 0.6) is 0 Å². The highest BCUT2D eigenvalue weighted by atomic mass is 127. The Balaban J connectivity index is 2.07. The van der Waals surface area contributed by atoms with Crippen LogP contribution in [0, 0.1) is 15.3 Å². The van der Waals surface area contributed by atoms with Gasteiger partial charge in [0.05, 0.1) is 5.56 Å². The SMILES string of the molecule is CC1CCNCC1NC(=O)c1ccc(F)cc1I. The zero-order chi connectivity index (χ0) is 13.1. The monoisotopic (exact) mass is 362 g/mol. The predicted octanol–water partition coefficient (Wildman–Crippen LogP) is 2.16. The fourth-order valence-corrected chi connectivity index (χ4v) is 2.82. The number of piperidine rings is 1. The van der Waals surface area contributed by atoms with Crippen LogP contribution in [0.2, 0.25) is 0 Å². The summed E-state index contributed by atoms with van der Waals surface area (Å²) in [5.74, 6) is 0.0249. The lowest BCUT2D eigenvalue weighted by Gasteiger charge is -2.30. The minimum absolute atomic E-state index is 0.125. The number of carbonyl (C=O) groups excluding carboxylic acids is 1. The zero-order valence-corrected chi connectivity index (χ0v) is 12.3. The molecule has 1 saturated heterocycles. The summed E-state index contributed by atoms with van der Waals surface area (Å²) in [6.45, 7) is 3.94. The van der Waals surface area contributed by atoms with Gasteiger partial charge in [0, 0.05) is 16.2 Å². The lowest BCUT2D eigenvalue weighted by atomic mass is 9.94. The number of halogens is 2. The van der Waals surface area contributed by atoms with Gasteiger partial charge in [-0.1, -0.05) is 6.92 Å². The molecule has 3 nitrogen and oxygen atoms in total. The van der Waals surface area contributed by atoms with Crippen molar-refractivity contribution in [2.45, 2.75) is 19.4 Å². The van der Waals surface area contributed by atoms with Gasteiger partial charge in [-0.15, -0.1) is 0 Å². The van der Waals surface area contributed by atoms with Crippen LogP contribution in [0.4, 0.5) is 4.39 Å². The average molecular weight is 362 g/mol. The van der Waals surface area contributed by atoms with Gasteiger partial charge in [-0.05, 0) is 59.7 Å². The molecule has 1 aliphatic heterocycles. The summed E-state index contributed by atoms with van der Waals surface area (Å²) in [6.07, 6.45) is 1.06. The van der Waals surface area contributed by atoms with Crippen molar-refractivity contribution in [3.05, 3.63) is 33.1 Å². The zero-order valence-electron chi connectivity index (χ0n) is 10.2. The van der Waals surface area contributed by atoms with Crippen molar-refractivity contribution in [3.63, 3.8) is 0 Å². The minimum atomic E-state index is -0.316. The molecule has 2 rings (SSSR count). The molecule has 0 aromatic heterocycles. The Labute approximate surface area is 120 Å². The Morgan fingerprint density at radius 3 is 3.00 bits per heavy atom. The number of hydrogen-bond donors (Lipinski definition) is 2. The normalized spacial score (nSPS) is 23.7. The minimum Gasteiger partial charge on any atom is -0.348 e. The van der Waals surface area contributed by atoms with Crippen LogP contribution in [0.25, 0.3) is 0 Å². The summed E-state index contributed by atoms with van der Waals surface area (Å²) in [5.41, 5.74) is 0.537. The number of rotatable bonds is 2. The number of carbonyl (C=O) groups is 1. The third kappa shape index (κ3) is 3.20. The van der Waals surface area contributed by atoms with E-state index in [-0.39, 0.29) is 17.8 Å². The van der Waals surface area contributed by atoms with E-state index in [0.717, 1.165) is 19.5 Å². The smallest absolute Gasteiger partial charge is 0.252 e. The lowest BCUT2D eigenvalue weighted by molar-refractivity contribution is 0.0914. The molecule has 0 spiro atoms. The number of nitrogens with one attached hydrogen (secondary N) is 2. The van der Waals surface area contributed by atoms with E-state index in [9.17, 15) is 9.18 Å². The van der Waals surface area contributed by atoms with Gasteiger partial charge in [0.2, 0.25) is 0 Å². The third-order valence-electron chi connectivity index (χ3n) is 3.32. The quantitative estimate of drug-likeness (QED) is 0.792. The maximum absolute atomic E-state index is 13.0. The molecule has 2 unspecified atom stereocenters. The standard InChI is InChI=1S/C13H16FIN2O/c1-8-4-5-16-7-12(8)17-13(18)10-3-2-9(14)6-11(10)15/h2-3,6,8,12,16H,4-5,7H2,1H3,(H,17,18). The molecule has 0 bridgehead atoms. The molecule has 1 aliphatic rings. The van der Waals surface area contributed by atoms with Crippen LogP contribution >= 0.6 is 22.6 Å². The fourth-order valence-electron chi connectivity index (χ4n) is 2.10. The first-order valence-corrected chi connectivity index (χ1v) is 7.12. The molecule has 2 N–H and O–H groups in total. The average Bonchev–Trinajstić information content (AvgIpc) is 2.32. The van der Waals surface area contributed by atoms with Crippen molar-refractivity contribution < 1.29 is 9.18 Å². The van der Waals surface area contributed by atoms with Crippen LogP contribution in [0.3, 0.4) is 0 Å². The van der Waals surface area contributed by atoms with Gasteiger partial charge in [-0.3, -0.25) is 4.79 Å². The molecule has 0 aliphatic carbocycles. The summed E-state index contributed by atoms with van der Waals surface area (Å²) in [6, 6.07) is 4.37. The first-order valence-electron chi connectivity index (χ1n) is 6.04. The third-order valence-corrected chi connectivity index (χ3v) is 4.21. The predicted molar refractivity (Wildman–Crippen MR) is 77.0 cm³/mol. The van der Waals surface area contributed by atoms with Crippen molar-refractivity contribution in [2.24, 2.45) is 5.92 Å². The van der Waals surface area contributed by atoms with Crippen LogP contribution in [-0.4, -0.2) is 25.0 Å². The summed E-state index contributed by atoms with van der Waals surface area (Å²) >= 11 is 1.98. The molecular weight excluding hydrogens is 346 g/mol. The van der Waals surface area contributed by atoms with E-state index < -0.39 is 0 Å². The molecule has 5 heteroatoms. The van der Waals surface area contributed by atoms with E-state index in [1.807, 2.05) is 22.6 Å². The Kier molecular flexibility index (Phi) is 4.55. The molecule has 0 radical (unpaired) electrons. The molecule has 98 valence electrons. The lowest BCUT2D eigenvalue weighted by Crippen LogP contribution is -2.50. The van der Waals surface area contributed by atoms with Crippen molar-refractivity contribution in [1.82, 2.24) is 10.6 Å². The molecule has 1 aromatic rings. The van der Waals surface area contributed by atoms with Crippen LogP contribution < -0.4 is 10.6 Å². The van der Waals surface area contributed by atoms with Gasteiger partial charge >= 0.3 is 0 Å². The first-order chi connectivity index (χ1) is 8.58. The summed E-state index contributed by atoms with van der Waals surface area (Å²) in [7, 11) is 0. The van der Waals surface area contributed by atoms with Gasteiger partial charge in [0.15, 0.2) is 0 Å². The van der Waals surface area contributed by atoms with Gasteiger partial charge in [-0.25, -0.2) is 4.39 Å². The summed E-state index contributed by atoms with van der Waals surface area (Å²) in [5, 5.41) is 6.29. The van der Waals surface area contributed by atoms with Crippen LogP contribution in [0.1, 0.15) is 23.7 Å². The Hall–Kier alpha value is -0.690. The van der Waals surface area contributed by atoms with Gasteiger partial charge < -0.3 is 10.6 Å². The second-order valence-electron chi connectivity index (χ2n) is 4.67. The fraction of sp³-hybridized carbons (Fsp3) is 0.462. The Morgan fingerprint density at radius 2 is 2.33 bits per heavy atom. The van der Waals surface area contributed by atoms with E-state index in [1.165, 1.54) is 18.2 Å². The van der Waals surface area contributed by atoms with E-state index in [4.69, 9.17) is 0 Å². The molecule has 18 heavy (non-hydrogen) atoms. The van der Waals surface area contributed by atoms with E-state index in [0.29, 0.717) is 15.1 Å². The number of amides is 1. The van der Waals surface area contributed by atoms with Crippen molar-refractivity contribution in [2.75, 3.05) is 13.1 Å². The summed E-state index contributed by atoms with van der Waals surface area (Å²) in [4.78, 5) is 12.1. The Morgan fingerprint density at radius 1 is 1.56 bits per heavy atom. The molecule has 1 fully saturated rings. The molecule has 1 heterocycles. The maximum Gasteiger partial charge on any atom is 0.252 e. The molecule has 0 saturated carbocycles. The maximum atomic E-state index is 13.0. The van der Waals surface area contributed by atoms with Crippen molar-refractivity contribution in [1.29, 1.82) is 0 Å². The largest absolute Gasteiger partial charge is 0.348 e. The van der Waals surface area contributed by atoms with E-state index in [2.05, 4.69) is 17.6 Å². The number of hydrogen-bond acceptors (Lipinski definition) is 2. The van der Waals surface area contributed by atoms with Crippen LogP contribution in [0.15, 0.2) is 18.2 Å². The van der Waals surface area contributed by atoms with E-state index >= 15 is 0 Å². The Bertz CT molecular complexity index is 453. The second kappa shape index (κ2) is 5.97. The topological polar surface area (TPSA) is 41.1 Å². The second-order valence-corrected chi connectivity index (χ2v) is 5.84. The van der Waals surface area contributed by atoms with Gasteiger partial charge in [0.1, 0.15) is 5.82 Å². The van der Waals surface area contributed by atoms with Crippen LogP contribution in [-0.2, 0) is 0 Å². The van der Waals surface area contributed by atoms with Gasteiger partial charge in [-0.2, -0.15) is 0 Å². The van der Waals surface area contributed by atoms with Gasteiger partial charge in [0.25, 0.3) is 5.91 Å².